The number of hydrogen-bond acceptors (Lipinski definition) is 6. The minimum atomic E-state index is 0.116. The van der Waals surface area contributed by atoms with Crippen molar-refractivity contribution in [3.05, 3.63) is 53.1 Å². The van der Waals surface area contributed by atoms with Crippen LogP contribution in [0.3, 0.4) is 0 Å². The summed E-state index contributed by atoms with van der Waals surface area (Å²) in [6.45, 7) is 7.66. The highest BCUT2D eigenvalue weighted by molar-refractivity contribution is 7.99. The highest BCUT2D eigenvalue weighted by Gasteiger charge is 2.20. The Morgan fingerprint density at radius 3 is 2.68 bits per heavy atom. The Hall–Kier alpha value is -1.80. The summed E-state index contributed by atoms with van der Waals surface area (Å²) >= 11 is 9.35. The molecular formula is C23H27ClN4OS2. The summed E-state index contributed by atoms with van der Waals surface area (Å²) in [5.74, 6) is 0.887. The van der Waals surface area contributed by atoms with Crippen LogP contribution in [0.15, 0.2) is 47.4 Å². The molecule has 1 N–H and O–H groups in total. The molecule has 164 valence electrons. The predicted molar refractivity (Wildman–Crippen MR) is 133 cm³/mol. The van der Waals surface area contributed by atoms with Crippen LogP contribution < -0.4 is 10.2 Å². The number of benzene rings is 2. The van der Waals surface area contributed by atoms with Crippen molar-refractivity contribution in [3.63, 3.8) is 0 Å². The fourth-order valence-corrected chi connectivity index (χ4v) is 5.68. The van der Waals surface area contributed by atoms with Crippen molar-refractivity contribution in [1.82, 2.24) is 15.2 Å². The van der Waals surface area contributed by atoms with E-state index in [0.29, 0.717) is 13.0 Å². The van der Waals surface area contributed by atoms with Gasteiger partial charge in [-0.1, -0.05) is 35.1 Å². The van der Waals surface area contributed by atoms with Crippen molar-refractivity contribution >= 4 is 56.0 Å². The fourth-order valence-electron chi connectivity index (χ4n) is 3.61. The van der Waals surface area contributed by atoms with E-state index in [4.69, 9.17) is 16.6 Å². The first-order chi connectivity index (χ1) is 15.1. The number of fused-ring (bicyclic) bond motifs is 1. The molecule has 3 aromatic rings. The number of rotatable bonds is 8. The molecule has 1 fully saturated rings. The van der Waals surface area contributed by atoms with Gasteiger partial charge >= 0.3 is 0 Å². The van der Waals surface area contributed by atoms with Crippen molar-refractivity contribution in [2.75, 3.05) is 49.9 Å². The number of para-hydroxylation sites is 1. The van der Waals surface area contributed by atoms with Gasteiger partial charge in [0.25, 0.3) is 0 Å². The zero-order chi connectivity index (χ0) is 21.6. The molecule has 1 aliphatic heterocycles. The quantitative estimate of drug-likeness (QED) is 0.480. The van der Waals surface area contributed by atoms with Gasteiger partial charge < -0.3 is 10.2 Å². The number of hydrogen-bond donors (Lipinski definition) is 1. The maximum Gasteiger partial charge on any atom is 0.220 e. The number of nitrogens with zero attached hydrogens (tertiary/aromatic N) is 3. The third-order valence-electron chi connectivity index (χ3n) is 5.41. The van der Waals surface area contributed by atoms with Gasteiger partial charge in [0.05, 0.1) is 10.2 Å². The number of amides is 1. The third kappa shape index (κ3) is 6.13. The van der Waals surface area contributed by atoms with Crippen LogP contribution in [0.4, 0.5) is 5.13 Å². The Morgan fingerprint density at radius 2 is 1.94 bits per heavy atom. The van der Waals surface area contributed by atoms with Crippen molar-refractivity contribution in [2.24, 2.45) is 0 Å². The summed E-state index contributed by atoms with van der Waals surface area (Å²) in [4.78, 5) is 22.9. The molecule has 1 aliphatic rings. The van der Waals surface area contributed by atoms with Crippen molar-refractivity contribution < 1.29 is 4.79 Å². The number of aromatic nitrogens is 1. The van der Waals surface area contributed by atoms with Gasteiger partial charge in [-0.2, -0.15) is 0 Å². The molecule has 4 rings (SSSR count). The summed E-state index contributed by atoms with van der Waals surface area (Å²) in [6.07, 6.45) is 0.526. The van der Waals surface area contributed by atoms with Crippen LogP contribution in [0.5, 0.6) is 0 Å². The molecule has 0 bridgehead atoms. The van der Waals surface area contributed by atoms with Crippen LogP contribution in [0.25, 0.3) is 10.2 Å². The lowest BCUT2D eigenvalue weighted by Crippen LogP contribution is -2.48. The molecule has 8 heteroatoms. The Morgan fingerprint density at radius 1 is 1.16 bits per heavy atom. The number of halogens is 1. The summed E-state index contributed by atoms with van der Waals surface area (Å²) in [6, 6.07) is 14.1. The zero-order valence-electron chi connectivity index (χ0n) is 17.6. The number of aryl methyl sites for hydroxylation is 1. The Balaban J connectivity index is 1.13. The second kappa shape index (κ2) is 10.7. The predicted octanol–water partition coefficient (Wildman–Crippen LogP) is 4.68. The van der Waals surface area contributed by atoms with E-state index in [0.717, 1.165) is 59.0 Å². The van der Waals surface area contributed by atoms with Gasteiger partial charge in [0, 0.05) is 61.4 Å². The van der Waals surface area contributed by atoms with E-state index in [-0.39, 0.29) is 5.91 Å². The number of nitrogens with one attached hydrogen (secondary N) is 1. The number of anilines is 1. The Labute approximate surface area is 196 Å². The number of thiazole rings is 1. The van der Waals surface area contributed by atoms with Gasteiger partial charge in [-0.15, -0.1) is 11.8 Å². The smallest absolute Gasteiger partial charge is 0.220 e. The van der Waals surface area contributed by atoms with E-state index in [1.165, 1.54) is 10.3 Å². The molecule has 5 nitrogen and oxygen atoms in total. The van der Waals surface area contributed by atoms with E-state index < -0.39 is 0 Å². The number of thioether (sulfide) groups is 1. The van der Waals surface area contributed by atoms with Crippen LogP contribution in [0.1, 0.15) is 12.0 Å². The molecule has 0 atom stereocenters. The molecule has 1 aromatic heterocycles. The van der Waals surface area contributed by atoms with Crippen LogP contribution in [0.2, 0.25) is 5.02 Å². The van der Waals surface area contributed by atoms with E-state index in [1.54, 1.807) is 23.1 Å². The first-order valence-electron chi connectivity index (χ1n) is 10.6. The lowest BCUT2D eigenvalue weighted by molar-refractivity contribution is -0.120. The molecule has 1 saturated heterocycles. The number of carbonyl (C=O) groups is 1. The summed E-state index contributed by atoms with van der Waals surface area (Å²) in [7, 11) is 0. The summed E-state index contributed by atoms with van der Waals surface area (Å²) in [5.41, 5.74) is 2.36. The van der Waals surface area contributed by atoms with E-state index in [9.17, 15) is 4.79 Å². The number of piperazine rings is 1. The minimum Gasteiger partial charge on any atom is -0.355 e. The Bertz CT molecular complexity index is 1020. The lowest BCUT2D eigenvalue weighted by Gasteiger charge is -2.34. The average molecular weight is 475 g/mol. The standard InChI is InChI=1S/C23H27ClN4OS2/c1-17-3-2-4-20-22(17)26-23(31-20)28-14-12-27(13-15-28)11-10-25-21(29)9-16-30-19-7-5-18(24)6-8-19/h2-8H,9-16H2,1H3,(H,25,29). The van der Waals surface area contributed by atoms with Crippen molar-refractivity contribution in [1.29, 1.82) is 0 Å². The van der Waals surface area contributed by atoms with E-state index >= 15 is 0 Å². The van der Waals surface area contributed by atoms with Gasteiger partial charge in [0.15, 0.2) is 5.13 Å². The Kier molecular flexibility index (Phi) is 7.72. The molecular weight excluding hydrogens is 448 g/mol. The average Bonchev–Trinajstić information content (AvgIpc) is 3.21. The van der Waals surface area contributed by atoms with Crippen molar-refractivity contribution in [3.8, 4) is 0 Å². The van der Waals surface area contributed by atoms with Crippen LogP contribution in [-0.4, -0.2) is 60.8 Å². The molecule has 0 radical (unpaired) electrons. The molecule has 31 heavy (non-hydrogen) atoms. The van der Waals surface area contributed by atoms with Crippen molar-refractivity contribution in [2.45, 2.75) is 18.2 Å². The van der Waals surface area contributed by atoms with Gasteiger partial charge in [0.1, 0.15) is 0 Å². The van der Waals surface area contributed by atoms with Gasteiger partial charge in [-0.25, -0.2) is 4.98 Å². The van der Waals surface area contributed by atoms with Crippen LogP contribution in [0, 0.1) is 6.92 Å². The second-order valence-corrected chi connectivity index (χ2v) is 10.3. The SMILES string of the molecule is Cc1cccc2sc(N3CCN(CCNC(=O)CCSc4ccc(Cl)cc4)CC3)nc12. The summed E-state index contributed by atoms with van der Waals surface area (Å²) < 4.78 is 1.26. The maximum atomic E-state index is 12.1. The van der Waals surface area contributed by atoms with Gasteiger partial charge in [0.2, 0.25) is 5.91 Å². The minimum absolute atomic E-state index is 0.116. The third-order valence-corrected chi connectivity index (χ3v) is 7.76. The normalized spacial score (nSPS) is 14.8. The topological polar surface area (TPSA) is 48.5 Å². The fraction of sp³-hybridized carbons (Fsp3) is 0.391. The first-order valence-corrected chi connectivity index (χ1v) is 12.7. The number of carbonyl (C=O) groups excluding carboxylic acids is 1. The molecule has 0 saturated carbocycles. The lowest BCUT2D eigenvalue weighted by atomic mass is 10.2. The first kappa shape index (κ1) is 22.4. The molecule has 0 spiro atoms. The highest BCUT2D eigenvalue weighted by atomic mass is 35.5. The van der Waals surface area contributed by atoms with Gasteiger partial charge in [-0.05, 0) is 42.8 Å². The van der Waals surface area contributed by atoms with Crippen LogP contribution >= 0.6 is 34.7 Å². The van der Waals surface area contributed by atoms with Crippen LogP contribution in [-0.2, 0) is 4.79 Å². The zero-order valence-corrected chi connectivity index (χ0v) is 20.0. The molecule has 2 aromatic carbocycles. The molecule has 0 unspecified atom stereocenters. The van der Waals surface area contributed by atoms with E-state index in [1.807, 2.05) is 24.3 Å². The highest BCUT2D eigenvalue weighted by Crippen LogP contribution is 2.31. The monoisotopic (exact) mass is 474 g/mol. The maximum absolute atomic E-state index is 12.1. The largest absolute Gasteiger partial charge is 0.355 e. The van der Waals surface area contributed by atoms with Gasteiger partial charge in [-0.3, -0.25) is 9.69 Å². The molecule has 0 aliphatic carbocycles. The second-order valence-electron chi connectivity index (χ2n) is 7.65. The molecule has 1 amide bonds. The molecule has 2 heterocycles. The van der Waals surface area contributed by atoms with E-state index in [2.05, 4.69) is 40.2 Å². The summed E-state index contributed by atoms with van der Waals surface area (Å²) in [5, 5.41) is 4.91.